The van der Waals surface area contributed by atoms with Gasteiger partial charge in [0.1, 0.15) is 5.88 Å². The highest BCUT2D eigenvalue weighted by atomic mass is 35.5. The summed E-state index contributed by atoms with van der Waals surface area (Å²) in [6, 6.07) is 7.98. The first kappa shape index (κ1) is 14.4. The fourth-order valence-corrected chi connectivity index (χ4v) is 2.91. The minimum absolute atomic E-state index is 0.0830. The van der Waals surface area contributed by atoms with E-state index >= 15 is 0 Å². The normalized spacial score (nSPS) is 27.0. The van der Waals surface area contributed by atoms with Crippen molar-refractivity contribution in [3.05, 3.63) is 35.4 Å². The Morgan fingerprint density at radius 2 is 2.11 bits per heavy atom. The van der Waals surface area contributed by atoms with Crippen molar-refractivity contribution in [3.63, 3.8) is 0 Å². The first-order valence-corrected chi connectivity index (χ1v) is 7.24. The number of carbonyl (C=O) groups excluding carboxylic acids is 1. The molecule has 2 N–H and O–H groups in total. The molecule has 0 heterocycles. The van der Waals surface area contributed by atoms with Crippen LogP contribution in [-0.4, -0.2) is 23.0 Å². The van der Waals surface area contributed by atoms with Gasteiger partial charge in [-0.15, -0.1) is 11.6 Å². The quantitative estimate of drug-likeness (QED) is 0.837. The molecule has 2 atom stereocenters. The molecule has 1 aromatic carbocycles. The van der Waals surface area contributed by atoms with Crippen LogP contribution in [0.2, 0.25) is 0 Å². The minimum Gasteiger partial charge on any atom is -0.390 e. The Bertz CT molecular complexity index is 446. The molecule has 1 fully saturated rings. The molecule has 104 valence electrons. The average molecular weight is 282 g/mol. The fourth-order valence-electron chi connectivity index (χ4n) is 2.84. The molecular weight excluding hydrogens is 262 g/mol. The zero-order valence-electron chi connectivity index (χ0n) is 11.2. The standard InChI is InChI=1S/C15H20ClNO2/c1-11-5-7-12(8-6-11)15(17-14(19)10-16)9-3-2-4-13(15)18/h5-8,13,18H,2-4,9-10H2,1H3,(H,17,19). The van der Waals surface area contributed by atoms with Crippen molar-refractivity contribution < 1.29 is 9.90 Å². The number of benzene rings is 1. The summed E-state index contributed by atoms with van der Waals surface area (Å²) in [5.41, 5.74) is 1.44. The molecule has 0 radical (unpaired) electrons. The Balaban J connectivity index is 2.37. The van der Waals surface area contributed by atoms with E-state index < -0.39 is 11.6 Å². The van der Waals surface area contributed by atoms with Crippen LogP contribution in [0.25, 0.3) is 0 Å². The van der Waals surface area contributed by atoms with E-state index in [1.165, 1.54) is 0 Å². The van der Waals surface area contributed by atoms with E-state index in [-0.39, 0.29) is 11.8 Å². The van der Waals surface area contributed by atoms with Crippen molar-refractivity contribution in [1.82, 2.24) is 5.32 Å². The van der Waals surface area contributed by atoms with Gasteiger partial charge in [-0.25, -0.2) is 0 Å². The first-order valence-electron chi connectivity index (χ1n) is 6.70. The van der Waals surface area contributed by atoms with Crippen LogP contribution >= 0.6 is 11.6 Å². The SMILES string of the molecule is Cc1ccc(C2(NC(=O)CCl)CCCCC2O)cc1. The van der Waals surface area contributed by atoms with E-state index in [1.807, 2.05) is 31.2 Å². The summed E-state index contributed by atoms with van der Waals surface area (Å²) in [6.45, 7) is 2.02. The highest BCUT2D eigenvalue weighted by molar-refractivity contribution is 6.27. The maximum absolute atomic E-state index is 11.7. The van der Waals surface area contributed by atoms with Crippen LogP contribution < -0.4 is 5.32 Å². The van der Waals surface area contributed by atoms with Crippen LogP contribution in [0.5, 0.6) is 0 Å². The van der Waals surface area contributed by atoms with Gasteiger partial charge >= 0.3 is 0 Å². The van der Waals surface area contributed by atoms with Gasteiger partial charge in [-0.3, -0.25) is 4.79 Å². The van der Waals surface area contributed by atoms with Crippen LogP contribution in [0.1, 0.15) is 36.8 Å². The predicted molar refractivity (Wildman–Crippen MR) is 76.2 cm³/mol. The number of rotatable bonds is 3. The summed E-state index contributed by atoms with van der Waals surface area (Å²) in [7, 11) is 0. The van der Waals surface area contributed by atoms with Gasteiger partial charge in [-0.2, -0.15) is 0 Å². The van der Waals surface area contributed by atoms with Crippen molar-refractivity contribution >= 4 is 17.5 Å². The molecule has 0 spiro atoms. The van der Waals surface area contributed by atoms with Crippen LogP contribution in [0.15, 0.2) is 24.3 Å². The maximum Gasteiger partial charge on any atom is 0.235 e. The maximum atomic E-state index is 11.7. The van der Waals surface area contributed by atoms with E-state index in [0.29, 0.717) is 6.42 Å². The highest BCUT2D eigenvalue weighted by Gasteiger charge is 2.42. The lowest BCUT2D eigenvalue weighted by molar-refractivity contribution is -0.123. The lowest BCUT2D eigenvalue weighted by Gasteiger charge is -2.42. The zero-order valence-corrected chi connectivity index (χ0v) is 11.9. The number of hydrogen-bond donors (Lipinski definition) is 2. The molecule has 1 aliphatic rings. The average Bonchev–Trinajstić information content (AvgIpc) is 2.42. The van der Waals surface area contributed by atoms with Crippen molar-refractivity contribution in [2.24, 2.45) is 0 Å². The summed E-state index contributed by atoms with van der Waals surface area (Å²) >= 11 is 5.60. The largest absolute Gasteiger partial charge is 0.390 e. The molecule has 1 aromatic rings. The minimum atomic E-state index is -0.683. The van der Waals surface area contributed by atoms with E-state index in [1.54, 1.807) is 0 Å². The molecule has 1 amide bonds. The van der Waals surface area contributed by atoms with Crippen LogP contribution in [0.4, 0.5) is 0 Å². The number of amides is 1. The summed E-state index contributed by atoms with van der Waals surface area (Å²) < 4.78 is 0. The van der Waals surface area contributed by atoms with Gasteiger partial charge in [0.15, 0.2) is 0 Å². The molecule has 19 heavy (non-hydrogen) atoms. The van der Waals surface area contributed by atoms with Gasteiger partial charge in [0.05, 0.1) is 11.6 Å². The van der Waals surface area contributed by atoms with Crippen LogP contribution in [-0.2, 0) is 10.3 Å². The molecule has 2 unspecified atom stereocenters. The third-order valence-corrected chi connectivity index (χ3v) is 4.16. The Labute approximate surface area is 119 Å². The first-order chi connectivity index (χ1) is 9.08. The number of alkyl halides is 1. The molecule has 4 heteroatoms. The molecule has 1 aliphatic carbocycles. The van der Waals surface area contributed by atoms with Crippen molar-refractivity contribution in [2.45, 2.75) is 44.2 Å². The number of halogens is 1. The van der Waals surface area contributed by atoms with Crippen LogP contribution in [0.3, 0.4) is 0 Å². The van der Waals surface area contributed by atoms with Crippen molar-refractivity contribution in [3.8, 4) is 0 Å². The predicted octanol–water partition coefficient (Wildman–Crippen LogP) is 2.48. The molecule has 3 nitrogen and oxygen atoms in total. The highest BCUT2D eigenvalue weighted by Crippen LogP contribution is 2.37. The summed E-state index contributed by atoms with van der Waals surface area (Å²) in [6.07, 6.45) is 2.88. The van der Waals surface area contributed by atoms with E-state index in [9.17, 15) is 9.90 Å². The van der Waals surface area contributed by atoms with E-state index in [2.05, 4.69) is 5.32 Å². The van der Waals surface area contributed by atoms with Gasteiger partial charge in [0.25, 0.3) is 0 Å². The fraction of sp³-hybridized carbons (Fsp3) is 0.533. The smallest absolute Gasteiger partial charge is 0.235 e. The monoisotopic (exact) mass is 281 g/mol. The number of carbonyl (C=O) groups is 1. The Hall–Kier alpha value is -1.06. The number of hydrogen-bond acceptors (Lipinski definition) is 2. The third kappa shape index (κ3) is 2.93. The molecule has 2 rings (SSSR count). The summed E-state index contributed by atoms with van der Waals surface area (Å²) in [5.74, 6) is -0.316. The van der Waals surface area contributed by atoms with Gasteiger partial charge in [0, 0.05) is 0 Å². The van der Waals surface area contributed by atoms with Crippen molar-refractivity contribution in [1.29, 1.82) is 0 Å². The molecule has 0 bridgehead atoms. The molecule has 0 saturated heterocycles. The second kappa shape index (κ2) is 5.93. The number of aliphatic hydroxyl groups is 1. The molecule has 0 aliphatic heterocycles. The van der Waals surface area contributed by atoms with Gasteiger partial charge in [0.2, 0.25) is 5.91 Å². The summed E-state index contributed by atoms with van der Waals surface area (Å²) in [5, 5.41) is 13.4. The summed E-state index contributed by atoms with van der Waals surface area (Å²) in [4.78, 5) is 11.7. The molecular formula is C15H20ClNO2. The van der Waals surface area contributed by atoms with Crippen molar-refractivity contribution in [2.75, 3.05) is 5.88 Å². The van der Waals surface area contributed by atoms with Gasteiger partial charge in [-0.1, -0.05) is 42.7 Å². The van der Waals surface area contributed by atoms with E-state index in [4.69, 9.17) is 11.6 Å². The third-order valence-electron chi connectivity index (χ3n) is 3.92. The lowest BCUT2D eigenvalue weighted by atomic mass is 9.74. The Morgan fingerprint density at radius 1 is 1.42 bits per heavy atom. The number of aryl methyl sites for hydroxylation is 1. The molecule has 1 saturated carbocycles. The number of nitrogens with one attached hydrogen (secondary N) is 1. The number of aliphatic hydroxyl groups excluding tert-OH is 1. The zero-order chi connectivity index (χ0) is 13.9. The second-order valence-electron chi connectivity index (χ2n) is 5.28. The van der Waals surface area contributed by atoms with E-state index in [0.717, 1.165) is 30.4 Å². The topological polar surface area (TPSA) is 49.3 Å². The Kier molecular flexibility index (Phi) is 4.48. The second-order valence-corrected chi connectivity index (χ2v) is 5.55. The van der Waals surface area contributed by atoms with Crippen LogP contribution in [0, 0.1) is 6.92 Å². The lowest BCUT2D eigenvalue weighted by Crippen LogP contribution is -2.55. The van der Waals surface area contributed by atoms with Gasteiger partial charge < -0.3 is 10.4 Å². The van der Waals surface area contributed by atoms with Gasteiger partial charge in [-0.05, 0) is 25.3 Å². The Morgan fingerprint density at radius 3 is 2.68 bits per heavy atom. The molecule has 0 aromatic heterocycles.